The van der Waals surface area contributed by atoms with Gasteiger partial charge in [0.25, 0.3) is 0 Å². The van der Waals surface area contributed by atoms with Crippen molar-refractivity contribution in [3.05, 3.63) is 96.3 Å². The van der Waals surface area contributed by atoms with Crippen LogP contribution in [-0.2, 0) is 9.59 Å². The Morgan fingerprint density at radius 2 is 1.72 bits per heavy atom. The maximum Gasteiger partial charge on any atom is 0.226 e. The number of nitrogens with zero attached hydrogens (tertiary/aromatic N) is 3. The molecule has 2 heterocycles. The Morgan fingerprint density at radius 1 is 0.969 bits per heavy atom. The van der Waals surface area contributed by atoms with Crippen LogP contribution in [0.2, 0.25) is 0 Å². The van der Waals surface area contributed by atoms with Gasteiger partial charge in [0, 0.05) is 24.2 Å². The molecule has 1 aromatic heterocycles. The molecule has 3 aromatic carbocycles. The molecule has 0 saturated heterocycles. The molecule has 0 bridgehead atoms. The average Bonchev–Trinajstić information content (AvgIpc) is 3.24. The highest BCUT2D eigenvalue weighted by Gasteiger charge is 2.28. The average molecular weight is 422 g/mol. The molecule has 1 N–H and O–H groups in total. The van der Waals surface area contributed by atoms with Gasteiger partial charge in [0.05, 0.1) is 29.9 Å². The molecule has 4 aromatic rings. The number of nitrogens with one attached hydrogen (secondary N) is 1. The number of amides is 2. The minimum atomic E-state index is -0.330. The highest BCUT2D eigenvalue weighted by atomic mass is 16.2. The van der Waals surface area contributed by atoms with Gasteiger partial charge in [-0.2, -0.15) is 5.10 Å². The topological polar surface area (TPSA) is 67.2 Å². The third-order valence-corrected chi connectivity index (χ3v) is 5.72. The highest BCUT2D eigenvalue weighted by molar-refractivity contribution is 5.92. The summed E-state index contributed by atoms with van der Waals surface area (Å²) < 4.78 is 1.87. The lowest BCUT2D eigenvalue weighted by Gasteiger charge is -2.32. The van der Waals surface area contributed by atoms with E-state index in [9.17, 15) is 9.59 Å². The van der Waals surface area contributed by atoms with Crippen LogP contribution < -0.4 is 5.32 Å². The van der Waals surface area contributed by atoms with E-state index in [2.05, 4.69) is 10.4 Å². The molecule has 1 atom stereocenters. The van der Waals surface area contributed by atoms with Gasteiger partial charge in [-0.05, 0) is 47.5 Å². The molecule has 32 heavy (non-hydrogen) atoms. The summed E-state index contributed by atoms with van der Waals surface area (Å²) in [7, 11) is 0. The van der Waals surface area contributed by atoms with Crippen LogP contribution in [0, 0.1) is 0 Å². The zero-order valence-electron chi connectivity index (χ0n) is 17.6. The number of aromatic nitrogens is 2. The van der Waals surface area contributed by atoms with Crippen molar-refractivity contribution in [1.29, 1.82) is 0 Å². The van der Waals surface area contributed by atoms with Gasteiger partial charge in [-0.3, -0.25) is 9.59 Å². The molecule has 0 aliphatic carbocycles. The molecule has 158 valence electrons. The minimum absolute atomic E-state index is 0.0932. The van der Waals surface area contributed by atoms with Crippen molar-refractivity contribution in [2.75, 3.05) is 5.32 Å². The molecule has 1 aliphatic heterocycles. The van der Waals surface area contributed by atoms with Crippen LogP contribution in [-0.4, -0.2) is 26.5 Å². The van der Waals surface area contributed by atoms with Crippen LogP contribution in [0.1, 0.15) is 30.5 Å². The Balaban J connectivity index is 1.33. The van der Waals surface area contributed by atoms with Gasteiger partial charge in [0.2, 0.25) is 11.8 Å². The molecule has 0 radical (unpaired) electrons. The van der Waals surface area contributed by atoms with Crippen molar-refractivity contribution in [2.24, 2.45) is 0 Å². The van der Waals surface area contributed by atoms with Crippen molar-refractivity contribution >= 4 is 34.5 Å². The molecular weight excluding hydrogens is 400 g/mol. The highest BCUT2D eigenvalue weighted by Crippen LogP contribution is 2.33. The van der Waals surface area contributed by atoms with Crippen LogP contribution in [0.5, 0.6) is 0 Å². The van der Waals surface area contributed by atoms with Crippen molar-refractivity contribution in [2.45, 2.75) is 19.4 Å². The maximum atomic E-state index is 12.9. The van der Waals surface area contributed by atoms with E-state index in [4.69, 9.17) is 0 Å². The second kappa shape index (κ2) is 8.15. The first kappa shape index (κ1) is 19.8. The first-order valence-corrected chi connectivity index (χ1v) is 10.5. The van der Waals surface area contributed by atoms with Gasteiger partial charge >= 0.3 is 0 Å². The number of para-hydroxylation sites is 1. The SMILES string of the molecule is CC(=O)N1C=Cc2ccccc2C1CC(=O)Nc1ccc(-n2ncc3ccccc32)cc1. The summed E-state index contributed by atoms with van der Waals surface area (Å²) in [5.41, 5.74) is 4.64. The fraction of sp³-hybridized carbons (Fsp3) is 0.115. The van der Waals surface area contributed by atoms with Crippen LogP contribution >= 0.6 is 0 Å². The van der Waals surface area contributed by atoms with E-state index in [0.29, 0.717) is 5.69 Å². The van der Waals surface area contributed by atoms with Crippen molar-refractivity contribution in [1.82, 2.24) is 14.7 Å². The number of hydrogen-bond acceptors (Lipinski definition) is 3. The largest absolute Gasteiger partial charge is 0.326 e. The summed E-state index contributed by atoms with van der Waals surface area (Å²) in [6.45, 7) is 1.51. The van der Waals surface area contributed by atoms with Gasteiger partial charge in [-0.25, -0.2) is 4.68 Å². The van der Waals surface area contributed by atoms with Crippen LogP contribution in [0.4, 0.5) is 5.69 Å². The van der Waals surface area contributed by atoms with Crippen LogP contribution in [0.15, 0.2) is 85.2 Å². The molecule has 0 fully saturated rings. The fourth-order valence-corrected chi connectivity index (χ4v) is 4.16. The molecule has 1 aliphatic rings. The van der Waals surface area contributed by atoms with Crippen molar-refractivity contribution in [3.8, 4) is 5.69 Å². The molecule has 2 amide bonds. The standard InChI is InChI=1S/C26H22N4O2/c1-18(31)29-15-14-19-6-2-4-8-23(19)25(29)16-26(32)28-21-10-12-22(13-11-21)30-24-9-5-3-7-20(24)17-27-30/h2-15,17,25H,16H2,1H3,(H,28,32). The number of carbonyl (C=O) groups is 2. The lowest BCUT2D eigenvalue weighted by molar-refractivity contribution is -0.129. The summed E-state index contributed by atoms with van der Waals surface area (Å²) in [5.74, 6) is -0.243. The molecule has 5 rings (SSSR count). The molecular formula is C26H22N4O2. The third kappa shape index (κ3) is 3.67. The Hall–Kier alpha value is -4.19. The van der Waals surface area contributed by atoms with Gasteiger partial charge in [-0.1, -0.05) is 42.5 Å². The predicted molar refractivity (Wildman–Crippen MR) is 125 cm³/mol. The number of hydrogen-bond donors (Lipinski definition) is 1. The summed E-state index contributed by atoms with van der Waals surface area (Å²) in [5, 5.41) is 8.49. The number of anilines is 1. The Kier molecular flexibility index (Phi) is 5.03. The summed E-state index contributed by atoms with van der Waals surface area (Å²) in [6.07, 6.45) is 5.67. The van der Waals surface area contributed by atoms with E-state index in [1.54, 1.807) is 11.1 Å². The predicted octanol–water partition coefficient (Wildman–Crippen LogP) is 4.93. The van der Waals surface area contributed by atoms with Crippen LogP contribution in [0.25, 0.3) is 22.7 Å². The van der Waals surface area contributed by atoms with E-state index in [-0.39, 0.29) is 24.3 Å². The quantitative estimate of drug-likeness (QED) is 0.507. The van der Waals surface area contributed by atoms with Gasteiger partial charge in [0.1, 0.15) is 0 Å². The van der Waals surface area contributed by atoms with Gasteiger partial charge in [0.15, 0.2) is 0 Å². The molecule has 0 spiro atoms. The molecule has 6 heteroatoms. The Labute approximate surface area is 185 Å². The zero-order chi connectivity index (χ0) is 22.1. The first-order valence-electron chi connectivity index (χ1n) is 10.5. The van der Waals surface area contributed by atoms with E-state index >= 15 is 0 Å². The minimum Gasteiger partial charge on any atom is -0.326 e. The zero-order valence-corrected chi connectivity index (χ0v) is 17.6. The summed E-state index contributed by atoms with van der Waals surface area (Å²) >= 11 is 0. The summed E-state index contributed by atoms with van der Waals surface area (Å²) in [6, 6.07) is 23.1. The smallest absolute Gasteiger partial charge is 0.226 e. The van der Waals surface area contributed by atoms with Gasteiger partial charge in [-0.15, -0.1) is 0 Å². The molecule has 1 unspecified atom stereocenters. The third-order valence-electron chi connectivity index (χ3n) is 5.72. The normalized spacial score (nSPS) is 14.9. The van der Waals surface area contributed by atoms with Crippen molar-refractivity contribution < 1.29 is 9.59 Å². The Morgan fingerprint density at radius 3 is 2.53 bits per heavy atom. The molecule has 0 saturated carbocycles. The first-order chi connectivity index (χ1) is 15.6. The fourth-order valence-electron chi connectivity index (χ4n) is 4.16. The summed E-state index contributed by atoms with van der Waals surface area (Å²) in [4.78, 5) is 26.6. The number of fused-ring (bicyclic) bond motifs is 2. The Bertz CT molecular complexity index is 1340. The van der Waals surface area contributed by atoms with E-state index in [1.807, 2.05) is 89.8 Å². The van der Waals surface area contributed by atoms with Gasteiger partial charge < -0.3 is 10.2 Å². The van der Waals surface area contributed by atoms with E-state index in [1.165, 1.54) is 6.92 Å². The van der Waals surface area contributed by atoms with Crippen LogP contribution in [0.3, 0.4) is 0 Å². The molecule has 6 nitrogen and oxygen atoms in total. The second-order valence-corrected chi connectivity index (χ2v) is 7.80. The number of rotatable bonds is 4. The second-order valence-electron chi connectivity index (χ2n) is 7.80. The lowest BCUT2D eigenvalue weighted by atomic mass is 9.93. The van der Waals surface area contributed by atoms with E-state index < -0.39 is 0 Å². The number of carbonyl (C=O) groups excluding carboxylic acids is 2. The maximum absolute atomic E-state index is 12.9. The lowest BCUT2D eigenvalue weighted by Crippen LogP contribution is -2.33. The van der Waals surface area contributed by atoms with E-state index in [0.717, 1.165) is 27.7 Å². The monoisotopic (exact) mass is 422 g/mol. The van der Waals surface area contributed by atoms with Crippen molar-refractivity contribution in [3.63, 3.8) is 0 Å². The number of benzene rings is 3.